The summed E-state index contributed by atoms with van der Waals surface area (Å²) in [4.78, 5) is 36.2. The van der Waals surface area contributed by atoms with Crippen molar-refractivity contribution in [1.29, 1.82) is 0 Å². The SMILES string of the molecule is Cc1cccn2c(=O)c(C=C3SC(=S)N(C4CCCC4)C3=O)c(N3CCCCC3)nc12. The molecule has 0 N–H and O–H groups in total. The number of thioether (sulfide) groups is 1. The van der Waals surface area contributed by atoms with Crippen molar-refractivity contribution in [1.82, 2.24) is 14.3 Å². The zero-order valence-corrected chi connectivity index (χ0v) is 19.3. The molecule has 2 aromatic rings. The van der Waals surface area contributed by atoms with Crippen molar-refractivity contribution in [2.24, 2.45) is 0 Å². The molecule has 0 aromatic carbocycles. The van der Waals surface area contributed by atoms with Crippen LogP contribution in [0, 0.1) is 6.92 Å². The number of rotatable bonds is 3. The fraction of sp³-hybridized carbons (Fsp3) is 0.478. The molecule has 3 fully saturated rings. The van der Waals surface area contributed by atoms with Gasteiger partial charge in [-0.15, -0.1) is 0 Å². The Balaban J connectivity index is 1.63. The van der Waals surface area contributed by atoms with E-state index >= 15 is 0 Å². The molecule has 6 nitrogen and oxygen atoms in total. The minimum Gasteiger partial charge on any atom is -0.356 e. The maximum absolute atomic E-state index is 13.5. The van der Waals surface area contributed by atoms with Gasteiger partial charge in [-0.1, -0.05) is 42.9 Å². The molecule has 0 bridgehead atoms. The van der Waals surface area contributed by atoms with Crippen LogP contribution in [-0.2, 0) is 4.79 Å². The molecule has 2 aromatic heterocycles. The lowest BCUT2D eigenvalue weighted by molar-refractivity contribution is -0.123. The third-order valence-corrected chi connectivity index (χ3v) is 7.84. The molecule has 0 radical (unpaired) electrons. The largest absolute Gasteiger partial charge is 0.356 e. The standard InChI is InChI=1S/C23H26N4O2S2/c1-15-8-7-13-26-19(15)24-20(25-11-5-2-6-12-25)17(21(26)28)14-18-22(29)27(23(30)31-18)16-9-3-4-10-16/h7-8,13-14,16H,2-6,9-12H2,1H3. The van der Waals surface area contributed by atoms with Crippen molar-refractivity contribution in [3.63, 3.8) is 0 Å². The molecule has 8 heteroatoms. The second-order valence-electron chi connectivity index (χ2n) is 8.58. The first-order valence-corrected chi connectivity index (χ1v) is 12.3. The maximum atomic E-state index is 13.5. The van der Waals surface area contributed by atoms with Gasteiger partial charge in [-0.25, -0.2) is 4.98 Å². The van der Waals surface area contributed by atoms with Crippen LogP contribution >= 0.6 is 24.0 Å². The molecule has 2 saturated heterocycles. The molecule has 0 unspecified atom stereocenters. The van der Waals surface area contributed by atoms with Crippen LogP contribution in [0.2, 0.25) is 0 Å². The highest BCUT2D eigenvalue weighted by Crippen LogP contribution is 2.38. The van der Waals surface area contributed by atoms with Crippen LogP contribution in [0.1, 0.15) is 56.1 Å². The topological polar surface area (TPSA) is 57.9 Å². The van der Waals surface area contributed by atoms with E-state index in [4.69, 9.17) is 17.2 Å². The highest BCUT2D eigenvalue weighted by molar-refractivity contribution is 8.26. The van der Waals surface area contributed by atoms with E-state index in [1.54, 1.807) is 21.6 Å². The van der Waals surface area contributed by atoms with Gasteiger partial charge in [0.25, 0.3) is 11.5 Å². The molecule has 1 aliphatic carbocycles. The smallest absolute Gasteiger partial charge is 0.267 e. The minimum absolute atomic E-state index is 0.0692. The lowest BCUT2D eigenvalue weighted by Gasteiger charge is -2.29. The van der Waals surface area contributed by atoms with Gasteiger partial charge in [0.2, 0.25) is 0 Å². The molecule has 31 heavy (non-hydrogen) atoms. The van der Waals surface area contributed by atoms with Gasteiger partial charge in [0.05, 0.1) is 10.5 Å². The van der Waals surface area contributed by atoms with E-state index in [-0.39, 0.29) is 17.5 Å². The number of piperidine rings is 1. The van der Waals surface area contributed by atoms with Gasteiger partial charge in [0.1, 0.15) is 15.8 Å². The summed E-state index contributed by atoms with van der Waals surface area (Å²) < 4.78 is 2.19. The Hall–Kier alpha value is -2.19. The Labute approximate surface area is 191 Å². The van der Waals surface area contributed by atoms with Gasteiger partial charge in [-0.2, -0.15) is 0 Å². The van der Waals surface area contributed by atoms with E-state index in [9.17, 15) is 9.59 Å². The normalized spacial score (nSPS) is 21.8. The van der Waals surface area contributed by atoms with Crippen LogP contribution in [0.3, 0.4) is 0 Å². The molecule has 3 aliphatic rings. The zero-order chi connectivity index (χ0) is 21.5. The predicted molar refractivity (Wildman–Crippen MR) is 130 cm³/mol. The molecular formula is C23H26N4O2S2. The van der Waals surface area contributed by atoms with Gasteiger partial charge in [-0.3, -0.25) is 18.9 Å². The fourth-order valence-corrected chi connectivity index (χ4v) is 6.24. The van der Waals surface area contributed by atoms with Crippen LogP contribution in [0.15, 0.2) is 28.0 Å². The first-order valence-electron chi connectivity index (χ1n) is 11.1. The van der Waals surface area contributed by atoms with Crippen molar-refractivity contribution in [3.05, 3.63) is 44.7 Å². The van der Waals surface area contributed by atoms with Crippen LogP contribution in [0.4, 0.5) is 5.82 Å². The fourth-order valence-electron chi connectivity index (χ4n) is 4.86. The Morgan fingerprint density at radius 1 is 1.13 bits per heavy atom. The summed E-state index contributed by atoms with van der Waals surface area (Å²) >= 11 is 6.86. The number of hydrogen-bond acceptors (Lipinski definition) is 6. The monoisotopic (exact) mass is 454 g/mol. The number of carbonyl (C=O) groups is 1. The second-order valence-corrected chi connectivity index (χ2v) is 10.3. The molecule has 0 spiro atoms. The molecule has 4 heterocycles. The number of thiocarbonyl (C=S) groups is 1. The lowest BCUT2D eigenvalue weighted by atomic mass is 10.1. The Bertz CT molecular complexity index is 1140. The third kappa shape index (κ3) is 3.69. The third-order valence-electron chi connectivity index (χ3n) is 6.51. The quantitative estimate of drug-likeness (QED) is 0.513. The number of pyridine rings is 1. The molecule has 1 saturated carbocycles. The van der Waals surface area contributed by atoms with E-state index in [0.717, 1.165) is 57.2 Å². The Morgan fingerprint density at radius 2 is 1.87 bits per heavy atom. The minimum atomic E-state index is -0.139. The molecular weight excluding hydrogens is 428 g/mol. The number of aryl methyl sites for hydroxylation is 1. The van der Waals surface area contributed by atoms with E-state index in [1.807, 2.05) is 19.1 Å². The highest BCUT2D eigenvalue weighted by Gasteiger charge is 2.38. The summed E-state index contributed by atoms with van der Waals surface area (Å²) in [6.45, 7) is 3.71. The van der Waals surface area contributed by atoms with Crippen molar-refractivity contribution >= 4 is 51.7 Å². The van der Waals surface area contributed by atoms with E-state index in [0.29, 0.717) is 26.3 Å². The molecule has 162 valence electrons. The van der Waals surface area contributed by atoms with Gasteiger partial charge in [0, 0.05) is 25.3 Å². The summed E-state index contributed by atoms with van der Waals surface area (Å²) in [5.74, 6) is 0.616. The van der Waals surface area contributed by atoms with Crippen LogP contribution in [-0.4, -0.2) is 43.6 Å². The number of carbonyl (C=O) groups excluding carboxylic acids is 1. The molecule has 2 aliphatic heterocycles. The van der Waals surface area contributed by atoms with Crippen molar-refractivity contribution in [2.75, 3.05) is 18.0 Å². The van der Waals surface area contributed by atoms with Gasteiger partial charge < -0.3 is 4.90 Å². The summed E-state index contributed by atoms with van der Waals surface area (Å²) in [6.07, 6.45) is 11.1. The van der Waals surface area contributed by atoms with Gasteiger partial charge >= 0.3 is 0 Å². The highest BCUT2D eigenvalue weighted by atomic mass is 32.2. The van der Waals surface area contributed by atoms with Gasteiger partial charge in [-0.05, 0) is 56.7 Å². The number of nitrogens with zero attached hydrogens (tertiary/aromatic N) is 4. The average Bonchev–Trinajstić information content (AvgIpc) is 3.39. The van der Waals surface area contributed by atoms with Crippen LogP contribution in [0.5, 0.6) is 0 Å². The second kappa shape index (κ2) is 8.39. The van der Waals surface area contributed by atoms with Crippen molar-refractivity contribution in [3.8, 4) is 0 Å². The predicted octanol–water partition coefficient (Wildman–Crippen LogP) is 4.14. The maximum Gasteiger partial charge on any atom is 0.267 e. The number of fused-ring (bicyclic) bond motifs is 1. The lowest BCUT2D eigenvalue weighted by Crippen LogP contribution is -2.36. The Morgan fingerprint density at radius 3 is 2.61 bits per heavy atom. The summed E-state index contributed by atoms with van der Waals surface area (Å²) in [5.41, 5.74) is 1.97. The average molecular weight is 455 g/mol. The van der Waals surface area contributed by atoms with Crippen molar-refractivity contribution in [2.45, 2.75) is 57.9 Å². The van der Waals surface area contributed by atoms with E-state index in [2.05, 4.69) is 4.90 Å². The van der Waals surface area contributed by atoms with Gasteiger partial charge in [0.15, 0.2) is 0 Å². The molecule has 0 atom stereocenters. The summed E-state index contributed by atoms with van der Waals surface area (Å²) in [5, 5.41) is 0. The number of amides is 1. The first-order chi connectivity index (χ1) is 15.0. The van der Waals surface area contributed by atoms with Crippen LogP contribution in [0.25, 0.3) is 11.7 Å². The first kappa shape index (κ1) is 20.7. The summed E-state index contributed by atoms with van der Waals surface area (Å²) in [6, 6.07) is 4.02. The zero-order valence-electron chi connectivity index (χ0n) is 17.7. The summed E-state index contributed by atoms with van der Waals surface area (Å²) in [7, 11) is 0. The van der Waals surface area contributed by atoms with E-state index < -0.39 is 0 Å². The Kier molecular flexibility index (Phi) is 5.60. The number of anilines is 1. The van der Waals surface area contributed by atoms with Crippen LogP contribution < -0.4 is 10.5 Å². The molecule has 1 amide bonds. The van der Waals surface area contributed by atoms with Crippen molar-refractivity contribution < 1.29 is 4.79 Å². The van der Waals surface area contributed by atoms with E-state index in [1.165, 1.54) is 18.2 Å². The number of aromatic nitrogens is 2. The number of hydrogen-bond donors (Lipinski definition) is 0. The molecule has 5 rings (SSSR count).